The number of ketones is 3. The van der Waals surface area contributed by atoms with Crippen molar-refractivity contribution in [1.29, 1.82) is 0 Å². The van der Waals surface area contributed by atoms with Crippen LogP contribution in [0.25, 0.3) is 0 Å². The first kappa shape index (κ1) is 54.2. The number of cyclic esters (lactones) is 1. The van der Waals surface area contributed by atoms with E-state index >= 15 is 0 Å². The Hall–Kier alpha value is -3.37. The molecule has 65 heavy (non-hydrogen) atoms. The monoisotopic (exact) mass is 914 g/mol. The zero-order valence-corrected chi connectivity index (χ0v) is 40.6. The third-order valence-electron chi connectivity index (χ3n) is 14.5. The van der Waals surface area contributed by atoms with Crippen LogP contribution in [-0.4, -0.2) is 132 Å². The summed E-state index contributed by atoms with van der Waals surface area (Å²) in [5, 5.41) is 33.8. The van der Waals surface area contributed by atoms with E-state index in [9.17, 15) is 39.3 Å². The molecule has 1 amide bonds. The summed E-state index contributed by atoms with van der Waals surface area (Å²) in [7, 11) is 4.52. The van der Waals surface area contributed by atoms with Gasteiger partial charge in [0.1, 0.15) is 30.1 Å². The fourth-order valence-corrected chi connectivity index (χ4v) is 10.1. The Morgan fingerprint density at radius 1 is 0.846 bits per heavy atom. The van der Waals surface area contributed by atoms with Crippen LogP contribution in [0.2, 0.25) is 0 Å². The van der Waals surface area contributed by atoms with Crippen LogP contribution in [0.1, 0.15) is 126 Å². The number of fused-ring (bicyclic) bond motifs is 3. The van der Waals surface area contributed by atoms with Crippen LogP contribution in [0.5, 0.6) is 0 Å². The highest BCUT2D eigenvalue weighted by atomic mass is 16.6. The van der Waals surface area contributed by atoms with Gasteiger partial charge < -0.3 is 43.9 Å². The first-order valence-electron chi connectivity index (χ1n) is 23.9. The molecule has 3 N–H and O–H groups in total. The number of methoxy groups -OCH3 is 3. The number of ether oxygens (including phenoxy) is 5. The molecule has 0 aromatic rings. The molecule has 2 saturated heterocycles. The lowest BCUT2D eigenvalue weighted by Crippen LogP contribution is -2.61. The SMILES string of the molecule is CO[C@H]1C[C@@H]2CC[C@@H](C)[C@@](O)(O2)C(=O)C(=O)N2CCCC[C@H]2C(=O)O[C@H]([C@H](C)C[C@@H]2CC[C@@H](O)[C@H](OC)C2)CC(=O)C(C)/C=C(\C)C(O)[C@@H](OC)C(=O)[C@H](C)C[C@H](C)/C=C/C=C/C=C/1C. The van der Waals surface area contributed by atoms with E-state index in [2.05, 4.69) is 0 Å². The predicted octanol–water partition coefficient (Wildman–Crippen LogP) is 6.18. The van der Waals surface area contributed by atoms with Gasteiger partial charge in [-0.2, -0.15) is 0 Å². The van der Waals surface area contributed by atoms with Crippen molar-refractivity contribution in [1.82, 2.24) is 4.90 Å². The number of Topliss-reactive ketones (excluding diaryl/α,β-unsaturated/α-hetero) is 3. The molecule has 0 aromatic heterocycles. The number of esters is 1. The van der Waals surface area contributed by atoms with E-state index in [-0.39, 0.29) is 54.8 Å². The minimum absolute atomic E-state index is 0.0193. The lowest BCUT2D eigenvalue weighted by Gasteiger charge is -2.42. The molecule has 3 heterocycles. The van der Waals surface area contributed by atoms with Crippen molar-refractivity contribution in [3.05, 3.63) is 47.6 Å². The highest BCUT2D eigenvalue weighted by molar-refractivity contribution is 6.39. The highest BCUT2D eigenvalue weighted by Crippen LogP contribution is 2.38. The smallest absolute Gasteiger partial charge is 0.329 e. The topological polar surface area (TPSA) is 195 Å². The first-order chi connectivity index (χ1) is 30.7. The van der Waals surface area contributed by atoms with Crippen molar-refractivity contribution < 1.29 is 63.0 Å². The quantitative estimate of drug-likeness (QED) is 0.156. The van der Waals surface area contributed by atoms with Gasteiger partial charge in [0.25, 0.3) is 11.7 Å². The van der Waals surface area contributed by atoms with Crippen molar-refractivity contribution >= 4 is 29.2 Å². The molecule has 0 radical (unpaired) electrons. The second-order valence-electron chi connectivity index (χ2n) is 19.6. The van der Waals surface area contributed by atoms with Gasteiger partial charge in [-0.1, -0.05) is 71.1 Å². The van der Waals surface area contributed by atoms with Crippen molar-refractivity contribution in [2.45, 2.75) is 180 Å². The number of hydrogen-bond donors (Lipinski definition) is 3. The van der Waals surface area contributed by atoms with Crippen LogP contribution in [-0.2, 0) is 47.7 Å². The number of hydrogen-bond acceptors (Lipinski definition) is 13. The summed E-state index contributed by atoms with van der Waals surface area (Å²) in [6, 6.07) is -1.14. The fourth-order valence-electron chi connectivity index (χ4n) is 10.1. The predicted molar refractivity (Wildman–Crippen MR) is 245 cm³/mol. The molecule has 3 aliphatic heterocycles. The molecule has 4 aliphatic rings. The van der Waals surface area contributed by atoms with Gasteiger partial charge in [0.05, 0.1) is 24.4 Å². The first-order valence-corrected chi connectivity index (χ1v) is 23.9. The summed E-state index contributed by atoms with van der Waals surface area (Å²) in [4.78, 5) is 71.8. The van der Waals surface area contributed by atoms with Crippen molar-refractivity contribution in [2.24, 2.45) is 35.5 Å². The van der Waals surface area contributed by atoms with Gasteiger partial charge in [-0.25, -0.2) is 4.79 Å². The molecule has 2 unspecified atom stereocenters. The molecular formula is C51H79NO13. The number of carbonyl (C=O) groups is 5. The van der Waals surface area contributed by atoms with E-state index in [0.29, 0.717) is 63.4 Å². The van der Waals surface area contributed by atoms with Crippen LogP contribution >= 0.6 is 0 Å². The Morgan fingerprint density at radius 2 is 1.57 bits per heavy atom. The number of carbonyl (C=O) groups excluding carboxylic acids is 5. The van der Waals surface area contributed by atoms with E-state index in [1.165, 1.54) is 12.0 Å². The van der Waals surface area contributed by atoms with Gasteiger partial charge in [-0.15, -0.1) is 0 Å². The molecule has 2 bridgehead atoms. The Bertz CT molecular complexity index is 1760. The standard InChI is InChI=1S/C51H79NO13/c1-30-16-12-11-13-17-31(2)42(61-8)28-38-21-19-36(7)51(60,65-38)48(57)49(58)52-23-15-14-18-39(52)50(59)64-43(33(4)26-37-20-22-40(53)44(27-37)62-9)29-41(54)32(3)25-35(6)46(56)47(63-10)45(55)34(5)24-30/h11-13,16-17,25,30,32-34,36-40,42-44,46-47,53,56,60H,14-15,18-24,26-29H2,1-10H3/b13-11+,16-12+,31-17+,35-25+/t30-,32?,33-,34-,36-,37+,38+,39+,40-,42+,43+,44-,46?,47+,51-/m1/s1. The molecule has 1 saturated carbocycles. The summed E-state index contributed by atoms with van der Waals surface area (Å²) in [6.45, 7) is 12.7. The summed E-state index contributed by atoms with van der Waals surface area (Å²) in [5.74, 6) is -7.96. The number of aliphatic hydroxyl groups excluding tert-OH is 2. The molecule has 15 atom stereocenters. The van der Waals surface area contributed by atoms with Crippen LogP contribution in [0.3, 0.4) is 0 Å². The van der Waals surface area contributed by atoms with Crippen molar-refractivity contribution in [2.75, 3.05) is 27.9 Å². The molecular weight excluding hydrogens is 835 g/mol. The molecule has 3 fully saturated rings. The molecule has 14 nitrogen and oxygen atoms in total. The second-order valence-corrected chi connectivity index (χ2v) is 19.6. The third kappa shape index (κ3) is 14.3. The van der Waals surface area contributed by atoms with E-state index in [4.69, 9.17) is 23.7 Å². The molecule has 366 valence electrons. The zero-order chi connectivity index (χ0) is 48.2. The number of allylic oxidation sites excluding steroid dienone is 6. The lowest BCUT2D eigenvalue weighted by molar-refractivity contribution is -0.265. The van der Waals surface area contributed by atoms with Crippen LogP contribution in [0, 0.1) is 35.5 Å². The molecule has 4 rings (SSSR count). The van der Waals surface area contributed by atoms with E-state index in [1.807, 2.05) is 58.1 Å². The van der Waals surface area contributed by atoms with Gasteiger partial charge in [0.15, 0.2) is 5.78 Å². The summed E-state index contributed by atoms with van der Waals surface area (Å²) in [5.41, 5.74) is 1.27. The normalized spacial score (nSPS) is 40.4. The Kier molecular flexibility index (Phi) is 21.0. The van der Waals surface area contributed by atoms with Crippen molar-refractivity contribution in [3.63, 3.8) is 0 Å². The van der Waals surface area contributed by atoms with Gasteiger partial charge in [-0.3, -0.25) is 19.2 Å². The van der Waals surface area contributed by atoms with E-state index < -0.39 is 83.9 Å². The van der Waals surface area contributed by atoms with Crippen molar-refractivity contribution in [3.8, 4) is 0 Å². The number of piperidine rings is 1. The average Bonchev–Trinajstić information content (AvgIpc) is 3.28. The highest BCUT2D eigenvalue weighted by Gasteiger charge is 2.53. The van der Waals surface area contributed by atoms with Crippen LogP contribution in [0.15, 0.2) is 47.6 Å². The van der Waals surface area contributed by atoms with E-state index in [0.717, 1.165) is 12.0 Å². The number of amides is 1. The number of aliphatic hydroxyl groups is 3. The van der Waals surface area contributed by atoms with Gasteiger partial charge in [0.2, 0.25) is 5.79 Å². The van der Waals surface area contributed by atoms with Gasteiger partial charge >= 0.3 is 5.97 Å². The van der Waals surface area contributed by atoms with Gasteiger partial charge in [0, 0.05) is 58.5 Å². The average molecular weight is 914 g/mol. The molecule has 14 heteroatoms. The number of rotatable bonds is 6. The maximum atomic E-state index is 14.4. The summed E-state index contributed by atoms with van der Waals surface area (Å²) < 4.78 is 29.4. The summed E-state index contributed by atoms with van der Waals surface area (Å²) in [6.07, 6.45) is 11.2. The summed E-state index contributed by atoms with van der Waals surface area (Å²) >= 11 is 0. The molecule has 1 aliphatic carbocycles. The maximum absolute atomic E-state index is 14.4. The Labute approximate surface area is 387 Å². The third-order valence-corrected chi connectivity index (χ3v) is 14.5. The Morgan fingerprint density at radius 3 is 2.25 bits per heavy atom. The van der Waals surface area contributed by atoms with E-state index in [1.54, 1.807) is 41.1 Å². The minimum atomic E-state index is -2.43. The molecule has 0 aromatic carbocycles. The van der Waals surface area contributed by atoms with Gasteiger partial charge in [-0.05, 0) is 107 Å². The maximum Gasteiger partial charge on any atom is 0.329 e. The largest absolute Gasteiger partial charge is 0.460 e. The molecule has 0 spiro atoms. The lowest BCUT2D eigenvalue weighted by atomic mass is 9.78. The minimum Gasteiger partial charge on any atom is -0.460 e. The van der Waals surface area contributed by atoms with Crippen LogP contribution in [0.4, 0.5) is 0 Å². The van der Waals surface area contributed by atoms with Crippen LogP contribution < -0.4 is 0 Å². The fraction of sp³-hybridized carbons (Fsp3) is 0.745. The second kappa shape index (κ2) is 25.1. The Balaban J connectivity index is 1.70. The number of nitrogens with zero attached hydrogens (tertiary/aromatic N) is 1. The zero-order valence-electron chi connectivity index (χ0n) is 40.6.